The second kappa shape index (κ2) is 7.79. The van der Waals surface area contributed by atoms with Crippen LogP contribution in [0.15, 0.2) is 60.2 Å². The van der Waals surface area contributed by atoms with Crippen LogP contribution in [0.3, 0.4) is 0 Å². The minimum absolute atomic E-state index is 0.164. The Labute approximate surface area is 164 Å². The van der Waals surface area contributed by atoms with Crippen molar-refractivity contribution < 1.29 is 9.18 Å². The number of pyridine rings is 1. The summed E-state index contributed by atoms with van der Waals surface area (Å²) in [7, 11) is 0. The molecule has 4 aromatic rings. The van der Waals surface area contributed by atoms with Crippen molar-refractivity contribution in [2.45, 2.75) is 6.04 Å². The molecule has 142 valence electrons. The predicted molar refractivity (Wildman–Crippen MR) is 109 cm³/mol. The second-order valence-electron chi connectivity index (χ2n) is 6.20. The summed E-state index contributed by atoms with van der Waals surface area (Å²) in [5.74, 6) is -0.631. The molecule has 0 saturated heterocycles. The molecule has 0 aliphatic carbocycles. The number of H-pyrrole nitrogens is 1. The smallest absolute Gasteiger partial charge is 0.264 e. The fourth-order valence-corrected chi connectivity index (χ4v) is 3.78. The van der Waals surface area contributed by atoms with Gasteiger partial charge >= 0.3 is 0 Å². The number of carbonyl (C=O) groups is 1. The standard InChI is InChI=1S/C20H18FN5OS/c21-13-3-1-2-12(10-13)17(11-22)26-20(27)18-16(6-9-28-18)25-15-5-8-24-19-14(15)4-7-23-19/h1-10,17H,11,22H2,(H,26,27)(H2,23,24,25)/t17-/m1/s1. The van der Waals surface area contributed by atoms with E-state index in [1.165, 1.54) is 23.5 Å². The lowest BCUT2D eigenvalue weighted by molar-refractivity contribution is 0.0942. The van der Waals surface area contributed by atoms with Crippen molar-refractivity contribution in [2.24, 2.45) is 5.73 Å². The number of hydrogen-bond acceptors (Lipinski definition) is 5. The number of anilines is 2. The van der Waals surface area contributed by atoms with Crippen molar-refractivity contribution in [1.29, 1.82) is 0 Å². The molecule has 28 heavy (non-hydrogen) atoms. The molecule has 0 aliphatic heterocycles. The highest BCUT2D eigenvalue weighted by atomic mass is 32.1. The molecule has 3 heterocycles. The molecule has 0 saturated carbocycles. The van der Waals surface area contributed by atoms with Crippen LogP contribution in [0.1, 0.15) is 21.3 Å². The Balaban J connectivity index is 1.56. The molecule has 1 atom stereocenters. The Hall–Kier alpha value is -3.23. The maximum atomic E-state index is 13.5. The highest BCUT2D eigenvalue weighted by Gasteiger charge is 2.19. The van der Waals surface area contributed by atoms with E-state index in [1.54, 1.807) is 18.3 Å². The molecule has 1 aromatic carbocycles. The van der Waals surface area contributed by atoms with Crippen LogP contribution in [0, 0.1) is 5.82 Å². The Morgan fingerprint density at radius 3 is 2.96 bits per heavy atom. The molecule has 8 heteroatoms. The van der Waals surface area contributed by atoms with Crippen LogP contribution in [0.25, 0.3) is 11.0 Å². The minimum Gasteiger partial charge on any atom is -0.354 e. The molecule has 0 bridgehead atoms. The number of halogens is 1. The van der Waals surface area contributed by atoms with Crippen LogP contribution in [0.2, 0.25) is 0 Å². The third kappa shape index (κ3) is 3.60. The number of thiophene rings is 1. The number of nitrogens with zero attached hydrogens (tertiary/aromatic N) is 1. The molecule has 4 rings (SSSR count). The summed E-state index contributed by atoms with van der Waals surface area (Å²) in [6.45, 7) is 0.164. The van der Waals surface area contributed by atoms with Gasteiger partial charge in [0.15, 0.2) is 0 Å². The maximum Gasteiger partial charge on any atom is 0.264 e. The first kappa shape index (κ1) is 18.1. The number of amides is 1. The van der Waals surface area contributed by atoms with Crippen LogP contribution >= 0.6 is 11.3 Å². The summed E-state index contributed by atoms with van der Waals surface area (Å²) >= 11 is 1.32. The summed E-state index contributed by atoms with van der Waals surface area (Å²) in [4.78, 5) is 20.7. The van der Waals surface area contributed by atoms with Gasteiger partial charge in [-0.05, 0) is 41.3 Å². The molecule has 0 unspecified atom stereocenters. The summed E-state index contributed by atoms with van der Waals surface area (Å²) in [5, 5.41) is 8.96. The third-order valence-electron chi connectivity index (χ3n) is 4.39. The first-order valence-corrected chi connectivity index (χ1v) is 9.56. The highest BCUT2D eigenvalue weighted by Crippen LogP contribution is 2.30. The van der Waals surface area contributed by atoms with Gasteiger partial charge in [0.05, 0.1) is 17.4 Å². The number of carbonyl (C=O) groups excluding carboxylic acids is 1. The Bertz CT molecular complexity index is 1120. The van der Waals surface area contributed by atoms with E-state index >= 15 is 0 Å². The van der Waals surface area contributed by atoms with Crippen LogP contribution in [-0.4, -0.2) is 22.4 Å². The fraction of sp³-hybridized carbons (Fsp3) is 0.100. The summed E-state index contributed by atoms with van der Waals surface area (Å²) in [6.07, 6.45) is 3.51. The van der Waals surface area contributed by atoms with Gasteiger partial charge < -0.3 is 21.4 Å². The Morgan fingerprint density at radius 2 is 2.14 bits per heavy atom. The quantitative estimate of drug-likeness (QED) is 0.398. The lowest BCUT2D eigenvalue weighted by atomic mass is 10.1. The van der Waals surface area contributed by atoms with Crippen molar-refractivity contribution in [3.8, 4) is 0 Å². The topological polar surface area (TPSA) is 95.8 Å². The van der Waals surface area contributed by atoms with Gasteiger partial charge in [-0.15, -0.1) is 11.3 Å². The third-order valence-corrected chi connectivity index (χ3v) is 5.31. The Kier molecular flexibility index (Phi) is 5.05. The van der Waals surface area contributed by atoms with E-state index in [0.717, 1.165) is 16.7 Å². The van der Waals surface area contributed by atoms with Crippen molar-refractivity contribution in [2.75, 3.05) is 11.9 Å². The maximum absolute atomic E-state index is 13.5. The van der Waals surface area contributed by atoms with Gasteiger partial charge in [0, 0.05) is 24.3 Å². The zero-order valence-electron chi connectivity index (χ0n) is 14.8. The number of aromatic amines is 1. The van der Waals surface area contributed by atoms with Crippen molar-refractivity contribution in [1.82, 2.24) is 15.3 Å². The highest BCUT2D eigenvalue weighted by molar-refractivity contribution is 7.12. The van der Waals surface area contributed by atoms with Gasteiger partial charge in [-0.25, -0.2) is 9.37 Å². The molecule has 0 spiro atoms. The largest absolute Gasteiger partial charge is 0.354 e. The van der Waals surface area contributed by atoms with Gasteiger partial charge in [-0.1, -0.05) is 12.1 Å². The van der Waals surface area contributed by atoms with E-state index in [-0.39, 0.29) is 18.3 Å². The van der Waals surface area contributed by atoms with Crippen LogP contribution in [0.4, 0.5) is 15.8 Å². The zero-order valence-corrected chi connectivity index (χ0v) is 15.6. The molecular weight excluding hydrogens is 377 g/mol. The fourth-order valence-electron chi connectivity index (χ4n) is 3.02. The van der Waals surface area contributed by atoms with Crippen molar-refractivity contribution >= 4 is 39.7 Å². The number of nitrogens with two attached hydrogens (primary N) is 1. The first-order valence-electron chi connectivity index (χ1n) is 8.68. The van der Waals surface area contributed by atoms with E-state index < -0.39 is 6.04 Å². The van der Waals surface area contributed by atoms with E-state index in [9.17, 15) is 9.18 Å². The van der Waals surface area contributed by atoms with Crippen LogP contribution < -0.4 is 16.4 Å². The number of fused-ring (bicyclic) bond motifs is 1. The summed E-state index contributed by atoms with van der Waals surface area (Å²) in [6, 6.07) is 11.2. The lowest BCUT2D eigenvalue weighted by Gasteiger charge is -2.18. The number of aromatic nitrogens is 2. The zero-order chi connectivity index (χ0) is 19.5. The molecule has 0 aliphatic rings. The predicted octanol–water partition coefficient (Wildman–Crippen LogP) is 3.94. The van der Waals surface area contributed by atoms with E-state index in [1.807, 2.05) is 29.8 Å². The summed E-state index contributed by atoms with van der Waals surface area (Å²) < 4.78 is 13.5. The Morgan fingerprint density at radius 1 is 1.25 bits per heavy atom. The number of nitrogens with one attached hydrogen (secondary N) is 3. The molecule has 0 fully saturated rings. The minimum atomic E-state index is -0.476. The normalized spacial score (nSPS) is 12.1. The molecule has 3 aromatic heterocycles. The number of rotatable bonds is 6. The van der Waals surface area contributed by atoms with Crippen molar-refractivity contribution in [3.63, 3.8) is 0 Å². The first-order chi connectivity index (χ1) is 13.7. The number of benzene rings is 1. The van der Waals surface area contributed by atoms with E-state index in [0.29, 0.717) is 16.1 Å². The molecule has 5 N–H and O–H groups in total. The molecule has 1 amide bonds. The second-order valence-corrected chi connectivity index (χ2v) is 7.12. The van der Waals surface area contributed by atoms with Gasteiger partial charge in [-0.2, -0.15) is 0 Å². The van der Waals surface area contributed by atoms with Gasteiger partial charge in [0.25, 0.3) is 5.91 Å². The van der Waals surface area contributed by atoms with Gasteiger partial charge in [0.2, 0.25) is 0 Å². The lowest BCUT2D eigenvalue weighted by Crippen LogP contribution is -2.33. The average molecular weight is 395 g/mol. The molecular formula is C20H18FN5OS. The molecule has 0 radical (unpaired) electrons. The van der Waals surface area contributed by atoms with E-state index in [2.05, 4.69) is 20.6 Å². The molecule has 6 nitrogen and oxygen atoms in total. The van der Waals surface area contributed by atoms with Gasteiger partial charge in [0.1, 0.15) is 16.3 Å². The van der Waals surface area contributed by atoms with E-state index in [4.69, 9.17) is 5.73 Å². The SMILES string of the molecule is NC[C@@H](NC(=O)c1sccc1Nc1ccnc2[nH]ccc12)c1cccc(F)c1. The van der Waals surface area contributed by atoms with Crippen LogP contribution in [0.5, 0.6) is 0 Å². The number of hydrogen-bond donors (Lipinski definition) is 4. The summed E-state index contributed by atoms with van der Waals surface area (Å²) in [5.41, 5.74) is 8.74. The van der Waals surface area contributed by atoms with Gasteiger partial charge in [-0.3, -0.25) is 4.79 Å². The average Bonchev–Trinajstić information content (AvgIpc) is 3.35. The van der Waals surface area contributed by atoms with Crippen LogP contribution in [-0.2, 0) is 0 Å². The monoisotopic (exact) mass is 395 g/mol. The van der Waals surface area contributed by atoms with Crippen molar-refractivity contribution in [3.05, 3.63) is 76.5 Å².